The van der Waals surface area contributed by atoms with E-state index in [9.17, 15) is 14.7 Å². The van der Waals surface area contributed by atoms with E-state index in [1.54, 1.807) is 36.4 Å². The Bertz CT molecular complexity index is 1060. The van der Waals surface area contributed by atoms with Crippen molar-refractivity contribution in [2.24, 2.45) is 5.92 Å². The molecule has 1 aliphatic carbocycles. The second-order valence-electron chi connectivity index (χ2n) is 7.39. The number of nitrogens with zero attached hydrogens (tertiary/aromatic N) is 1. The van der Waals surface area contributed by atoms with E-state index in [-0.39, 0.29) is 24.3 Å². The molecule has 0 radical (unpaired) electrons. The highest BCUT2D eigenvalue weighted by atomic mass is 16.5. The lowest BCUT2D eigenvalue weighted by Gasteiger charge is -2.13. The Balaban J connectivity index is 1.57. The van der Waals surface area contributed by atoms with Crippen LogP contribution in [0.15, 0.2) is 54.6 Å². The van der Waals surface area contributed by atoms with Gasteiger partial charge in [-0.05, 0) is 62.1 Å². The number of benzene rings is 2. The highest BCUT2D eigenvalue weighted by Gasteiger charge is 2.29. The van der Waals surface area contributed by atoms with Crippen molar-refractivity contribution in [2.75, 3.05) is 6.61 Å². The largest absolute Gasteiger partial charge is 0.508 e. The number of amides is 1. The molecular weight excluding hydrogens is 368 g/mol. The minimum atomic E-state index is -0.571. The van der Waals surface area contributed by atoms with E-state index in [2.05, 4.69) is 10.3 Å². The molecule has 1 fully saturated rings. The van der Waals surface area contributed by atoms with Gasteiger partial charge in [-0.1, -0.05) is 18.2 Å². The first kappa shape index (κ1) is 18.9. The van der Waals surface area contributed by atoms with Crippen molar-refractivity contribution < 1.29 is 19.4 Å². The average molecular weight is 390 g/mol. The van der Waals surface area contributed by atoms with Gasteiger partial charge in [0.15, 0.2) is 6.61 Å². The molecule has 0 saturated heterocycles. The van der Waals surface area contributed by atoms with Crippen molar-refractivity contribution in [1.29, 1.82) is 0 Å². The topological polar surface area (TPSA) is 88.5 Å². The van der Waals surface area contributed by atoms with Crippen molar-refractivity contribution >= 4 is 22.8 Å². The fourth-order valence-electron chi connectivity index (χ4n) is 3.34. The first-order chi connectivity index (χ1) is 14.0. The molecule has 0 aliphatic heterocycles. The maximum absolute atomic E-state index is 12.8. The van der Waals surface area contributed by atoms with Crippen molar-refractivity contribution in [3.8, 4) is 17.0 Å². The Hall–Kier alpha value is -3.41. The highest BCUT2D eigenvalue weighted by molar-refractivity contribution is 6.05. The summed E-state index contributed by atoms with van der Waals surface area (Å²) < 4.78 is 5.29. The minimum Gasteiger partial charge on any atom is -0.508 e. The van der Waals surface area contributed by atoms with E-state index >= 15 is 0 Å². The normalized spacial score (nSPS) is 14.4. The van der Waals surface area contributed by atoms with Gasteiger partial charge >= 0.3 is 5.97 Å². The molecule has 0 spiro atoms. The number of rotatable bonds is 6. The predicted octanol–water partition coefficient (Wildman–Crippen LogP) is 3.68. The molecule has 1 saturated carbocycles. The summed E-state index contributed by atoms with van der Waals surface area (Å²) in [7, 11) is 0. The Morgan fingerprint density at radius 1 is 1.17 bits per heavy atom. The van der Waals surface area contributed by atoms with Crippen molar-refractivity contribution in [3.63, 3.8) is 0 Å². The van der Waals surface area contributed by atoms with E-state index in [0.29, 0.717) is 28.1 Å². The lowest BCUT2D eigenvalue weighted by Crippen LogP contribution is -2.37. The Kier molecular flexibility index (Phi) is 5.16. The molecule has 4 rings (SSSR count). The van der Waals surface area contributed by atoms with E-state index in [4.69, 9.17) is 4.74 Å². The molecule has 29 heavy (non-hydrogen) atoms. The number of aromatic hydroxyl groups is 1. The number of carbonyl (C=O) groups is 2. The molecule has 6 nitrogen and oxygen atoms in total. The summed E-state index contributed by atoms with van der Waals surface area (Å²) in [6.07, 6.45) is 2.26. The molecule has 1 atom stereocenters. The zero-order valence-electron chi connectivity index (χ0n) is 16.1. The van der Waals surface area contributed by atoms with Crippen LogP contribution in [0.5, 0.6) is 5.75 Å². The monoisotopic (exact) mass is 390 g/mol. The zero-order chi connectivity index (χ0) is 20.4. The van der Waals surface area contributed by atoms with Gasteiger partial charge in [-0.2, -0.15) is 0 Å². The number of phenols is 1. The van der Waals surface area contributed by atoms with Gasteiger partial charge in [0.2, 0.25) is 0 Å². The number of aromatic nitrogens is 1. The molecular formula is C23H22N2O4. The van der Waals surface area contributed by atoms with Crippen LogP contribution >= 0.6 is 0 Å². The third-order valence-corrected chi connectivity index (χ3v) is 5.15. The number of hydrogen-bond donors (Lipinski definition) is 2. The Morgan fingerprint density at radius 2 is 1.90 bits per heavy atom. The van der Waals surface area contributed by atoms with Crippen molar-refractivity contribution in [1.82, 2.24) is 10.3 Å². The number of nitrogens with one attached hydrogen (secondary N) is 1. The fraction of sp³-hybridized carbons (Fsp3) is 0.261. The fourth-order valence-corrected chi connectivity index (χ4v) is 3.34. The zero-order valence-corrected chi connectivity index (χ0v) is 16.1. The molecule has 1 aliphatic rings. The molecule has 1 heterocycles. The van der Waals surface area contributed by atoms with Gasteiger partial charge < -0.3 is 15.2 Å². The molecule has 0 bridgehead atoms. The summed E-state index contributed by atoms with van der Waals surface area (Å²) in [5.74, 6) is -0.181. The Labute approximate surface area is 168 Å². The number of fused-ring (bicyclic) bond motifs is 1. The van der Waals surface area contributed by atoms with Gasteiger partial charge in [0, 0.05) is 17.0 Å². The van der Waals surface area contributed by atoms with Crippen LogP contribution in [0.4, 0.5) is 0 Å². The standard InChI is InChI=1S/C23H22N2O4/c1-14(15-6-7-15)24-22(27)13-29-23(28)19-12-21(16-8-10-17(26)11-9-16)25-20-5-3-2-4-18(19)20/h2-5,8-12,14-15,26H,6-7,13H2,1H3,(H,24,27)/t14-/m0/s1. The number of carbonyl (C=O) groups excluding carboxylic acids is 2. The van der Waals surface area contributed by atoms with E-state index in [0.717, 1.165) is 18.4 Å². The van der Waals surface area contributed by atoms with Crippen LogP contribution in [0.25, 0.3) is 22.2 Å². The quantitative estimate of drug-likeness (QED) is 0.627. The third-order valence-electron chi connectivity index (χ3n) is 5.15. The van der Waals surface area contributed by atoms with E-state index in [1.165, 1.54) is 0 Å². The van der Waals surface area contributed by atoms with Crippen LogP contribution in [0.2, 0.25) is 0 Å². The van der Waals surface area contributed by atoms with Gasteiger partial charge in [-0.3, -0.25) is 4.79 Å². The van der Waals surface area contributed by atoms with Gasteiger partial charge in [0.25, 0.3) is 5.91 Å². The number of pyridine rings is 1. The maximum atomic E-state index is 12.8. The molecule has 3 aromatic rings. The summed E-state index contributed by atoms with van der Waals surface area (Å²) in [4.78, 5) is 29.5. The summed E-state index contributed by atoms with van der Waals surface area (Å²) >= 11 is 0. The number of phenolic OH excluding ortho intramolecular Hbond substituents is 1. The van der Waals surface area contributed by atoms with Crippen LogP contribution in [0.3, 0.4) is 0 Å². The molecule has 6 heteroatoms. The van der Waals surface area contributed by atoms with Crippen molar-refractivity contribution in [3.05, 3.63) is 60.2 Å². The van der Waals surface area contributed by atoms with Crippen LogP contribution in [0.1, 0.15) is 30.1 Å². The SMILES string of the molecule is C[C@H](NC(=O)COC(=O)c1cc(-c2ccc(O)cc2)nc2ccccc12)C1CC1. The molecule has 2 aromatic carbocycles. The number of hydrogen-bond acceptors (Lipinski definition) is 5. The molecule has 1 amide bonds. The molecule has 2 N–H and O–H groups in total. The number of para-hydroxylation sites is 1. The molecule has 0 unspecified atom stereocenters. The van der Waals surface area contributed by atoms with Gasteiger partial charge in [-0.25, -0.2) is 9.78 Å². The van der Waals surface area contributed by atoms with Gasteiger partial charge in [0.05, 0.1) is 16.8 Å². The lowest BCUT2D eigenvalue weighted by molar-refractivity contribution is -0.124. The van der Waals surface area contributed by atoms with E-state index < -0.39 is 5.97 Å². The van der Waals surface area contributed by atoms with E-state index in [1.807, 2.05) is 25.1 Å². The highest BCUT2D eigenvalue weighted by Crippen LogP contribution is 2.32. The lowest BCUT2D eigenvalue weighted by atomic mass is 10.0. The van der Waals surface area contributed by atoms with Crippen molar-refractivity contribution in [2.45, 2.75) is 25.8 Å². The average Bonchev–Trinajstić information content (AvgIpc) is 3.57. The summed E-state index contributed by atoms with van der Waals surface area (Å²) in [5.41, 5.74) is 2.35. The van der Waals surface area contributed by atoms with Gasteiger partial charge in [0.1, 0.15) is 5.75 Å². The summed E-state index contributed by atoms with van der Waals surface area (Å²) in [6, 6.07) is 15.6. The summed E-state index contributed by atoms with van der Waals surface area (Å²) in [6.45, 7) is 1.65. The molecule has 1 aromatic heterocycles. The minimum absolute atomic E-state index is 0.101. The van der Waals surface area contributed by atoms with Crippen LogP contribution in [-0.4, -0.2) is 34.6 Å². The van der Waals surface area contributed by atoms with Crippen LogP contribution in [0, 0.1) is 5.92 Å². The summed E-state index contributed by atoms with van der Waals surface area (Å²) in [5, 5.41) is 13.0. The maximum Gasteiger partial charge on any atom is 0.339 e. The van der Waals surface area contributed by atoms with Crippen LogP contribution < -0.4 is 5.32 Å². The number of ether oxygens (including phenoxy) is 1. The first-order valence-corrected chi connectivity index (χ1v) is 9.67. The smallest absolute Gasteiger partial charge is 0.339 e. The third kappa shape index (κ3) is 4.37. The van der Waals surface area contributed by atoms with Crippen LogP contribution in [-0.2, 0) is 9.53 Å². The predicted molar refractivity (Wildman–Crippen MR) is 109 cm³/mol. The number of esters is 1. The van der Waals surface area contributed by atoms with Gasteiger partial charge in [-0.15, -0.1) is 0 Å². The second-order valence-corrected chi connectivity index (χ2v) is 7.39. The Morgan fingerprint density at radius 3 is 2.62 bits per heavy atom. The second kappa shape index (κ2) is 7.91. The molecule has 148 valence electrons. The first-order valence-electron chi connectivity index (χ1n) is 9.67.